The molecule has 1 aromatic heterocycles. The summed E-state index contributed by atoms with van der Waals surface area (Å²) in [6.07, 6.45) is 3.68. The van der Waals surface area contributed by atoms with Gasteiger partial charge in [0, 0.05) is 25.8 Å². The number of hydrogen-bond acceptors (Lipinski definition) is 3. The van der Waals surface area contributed by atoms with E-state index in [4.69, 9.17) is 5.26 Å². The van der Waals surface area contributed by atoms with Crippen LogP contribution in [0.2, 0.25) is 0 Å². The Morgan fingerprint density at radius 3 is 3.14 bits per heavy atom. The molecule has 0 fully saturated rings. The Morgan fingerprint density at radius 1 is 1.71 bits per heavy atom. The van der Waals surface area contributed by atoms with Gasteiger partial charge in [0.05, 0.1) is 24.0 Å². The first-order chi connectivity index (χ1) is 6.77. The fourth-order valence-corrected chi connectivity index (χ4v) is 1.24. The maximum atomic E-state index is 8.59. The van der Waals surface area contributed by atoms with E-state index in [0.29, 0.717) is 0 Å². The standard InChI is InChI=1S/C10H16N4/c1-3-14-8-13-7-10(14)6-12-5-9(2)4-11/h7-9,12H,3,5-6H2,1-2H3. The molecule has 0 amide bonds. The second kappa shape index (κ2) is 5.40. The zero-order valence-electron chi connectivity index (χ0n) is 8.70. The molecule has 0 saturated carbocycles. The lowest BCUT2D eigenvalue weighted by molar-refractivity contribution is 0.576. The van der Waals surface area contributed by atoms with Crippen molar-refractivity contribution in [1.82, 2.24) is 14.9 Å². The Kier molecular flexibility index (Phi) is 4.14. The SMILES string of the molecule is CCn1cncc1CNCC(C)C#N. The molecule has 0 bridgehead atoms. The van der Waals surface area contributed by atoms with Gasteiger partial charge in [-0.3, -0.25) is 0 Å². The molecule has 14 heavy (non-hydrogen) atoms. The van der Waals surface area contributed by atoms with Crippen molar-refractivity contribution in [3.8, 4) is 6.07 Å². The molecule has 1 N–H and O–H groups in total. The topological polar surface area (TPSA) is 53.6 Å². The molecule has 1 aromatic rings. The van der Waals surface area contributed by atoms with Gasteiger partial charge in [-0.2, -0.15) is 5.26 Å². The summed E-state index contributed by atoms with van der Waals surface area (Å²) in [5, 5.41) is 11.8. The maximum absolute atomic E-state index is 8.59. The first kappa shape index (κ1) is 10.7. The molecule has 76 valence electrons. The predicted molar refractivity (Wildman–Crippen MR) is 54.4 cm³/mol. The predicted octanol–water partition coefficient (Wildman–Crippen LogP) is 1.15. The van der Waals surface area contributed by atoms with Crippen LogP contribution in [-0.4, -0.2) is 16.1 Å². The monoisotopic (exact) mass is 192 g/mol. The van der Waals surface area contributed by atoms with E-state index in [1.807, 2.05) is 19.4 Å². The Balaban J connectivity index is 2.35. The summed E-state index contributed by atoms with van der Waals surface area (Å²) in [5.74, 6) is 0.0630. The Morgan fingerprint density at radius 2 is 2.50 bits per heavy atom. The van der Waals surface area contributed by atoms with E-state index in [9.17, 15) is 0 Å². The quantitative estimate of drug-likeness (QED) is 0.761. The molecule has 0 spiro atoms. The summed E-state index contributed by atoms with van der Waals surface area (Å²) in [5.41, 5.74) is 1.16. The molecule has 1 heterocycles. The number of nitriles is 1. The third kappa shape index (κ3) is 2.86. The minimum atomic E-state index is 0.0630. The summed E-state index contributed by atoms with van der Waals surface area (Å²) in [7, 11) is 0. The Bertz CT molecular complexity index is 310. The molecule has 1 rings (SSSR count). The number of aryl methyl sites for hydroxylation is 1. The largest absolute Gasteiger partial charge is 0.334 e. The first-order valence-electron chi connectivity index (χ1n) is 4.87. The molecule has 0 aliphatic carbocycles. The fourth-order valence-electron chi connectivity index (χ4n) is 1.24. The second-order valence-electron chi connectivity index (χ2n) is 3.33. The van der Waals surface area contributed by atoms with Crippen molar-refractivity contribution >= 4 is 0 Å². The van der Waals surface area contributed by atoms with Gasteiger partial charge in [0.25, 0.3) is 0 Å². The van der Waals surface area contributed by atoms with Crippen LogP contribution in [0.5, 0.6) is 0 Å². The van der Waals surface area contributed by atoms with Crippen LogP contribution in [0.15, 0.2) is 12.5 Å². The van der Waals surface area contributed by atoms with E-state index >= 15 is 0 Å². The molecule has 0 radical (unpaired) electrons. The van der Waals surface area contributed by atoms with E-state index in [1.165, 1.54) is 0 Å². The minimum absolute atomic E-state index is 0.0630. The van der Waals surface area contributed by atoms with Crippen molar-refractivity contribution < 1.29 is 0 Å². The van der Waals surface area contributed by atoms with Crippen LogP contribution in [0.1, 0.15) is 19.5 Å². The van der Waals surface area contributed by atoms with Crippen molar-refractivity contribution in [3.05, 3.63) is 18.2 Å². The molecule has 1 unspecified atom stereocenters. The first-order valence-corrected chi connectivity index (χ1v) is 4.87. The zero-order chi connectivity index (χ0) is 10.4. The maximum Gasteiger partial charge on any atom is 0.0948 e. The highest BCUT2D eigenvalue weighted by atomic mass is 15.1. The molecule has 0 aromatic carbocycles. The van der Waals surface area contributed by atoms with Crippen LogP contribution in [-0.2, 0) is 13.1 Å². The molecule has 0 aliphatic heterocycles. The molecule has 4 heteroatoms. The normalized spacial score (nSPS) is 12.4. The fraction of sp³-hybridized carbons (Fsp3) is 0.600. The van der Waals surface area contributed by atoms with Crippen LogP contribution in [0.25, 0.3) is 0 Å². The van der Waals surface area contributed by atoms with E-state index in [1.54, 1.807) is 0 Å². The van der Waals surface area contributed by atoms with E-state index in [2.05, 4.69) is 27.9 Å². The zero-order valence-corrected chi connectivity index (χ0v) is 8.70. The average molecular weight is 192 g/mol. The van der Waals surface area contributed by atoms with Crippen molar-refractivity contribution in [2.45, 2.75) is 26.9 Å². The van der Waals surface area contributed by atoms with Crippen LogP contribution in [0.3, 0.4) is 0 Å². The third-order valence-corrected chi connectivity index (χ3v) is 2.12. The van der Waals surface area contributed by atoms with Crippen LogP contribution >= 0.6 is 0 Å². The van der Waals surface area contributed by atoms with E-state index in [0.717, 1.165) is 25.3 Å². The van der Waals surface area contributed by atoms with Gasteiger partial charge in [-0.05, 0) is 13.8 Å². The number of imidazole rings is 1. The number of aromatic nitrogens is 2. The van der Waals surface area contributed by atoms with Gasteiger partial charge in [0.1, 0.15) is 0 Å². The minimum Gasteiger partial charge on any atom is -0.334 e. The van der Waals surface area contributed by atoms with Crippen molar-refractivity contribution in [2.24, 2.45) is 5.92 Å². The lowest BCUT2D eigenvalue weighted by atomic mass is 10.2. The highest BCUT2D eigenvalue weighted by Gasteiger charge is 2.01. The Labute approximate surface area is 84.6 Å². The smallest absolute Gasteiger partial charge is 0.0948 e. The van der Waals surface area contributed by atoms with Crippen molar-refractivity contribution in [2.75, 3.05) is 6.54 Å². The van der Waals surface area contributed by atoms with Gasteiger partial charge in [-0.1, -0.05) is 0 Å². The summed E-state index contributed by atoms with van der Waals surface area (Å²) < 4.78 is 2.09. The highest BCUT2D eigenvalue weighted by molar-refractivity contribution is 4.97. The van der Waals surface area contributed by atoms with E-state index in [-0.39, 0.29) is 5.92 Å². The average Bonchev–Trinajstić information content (AvgIpc) is 2.65. The van der Waals surface area contributed by atoms with Gasteiger partial charge in [0.15, 0.2) is 0 Å². The summed E-state index contributed by atoms with van der Waals surface area (Å²) in [6, 6.07) is 2.19. The number of nitrogens with zero attached hydrogens (tertiary/aromatic N) is 3. The van der Waals surface area contributed by atoms with E-state index < -0.39 is 0 Å². The third-order valence-electron chi connectivity index (χ3n) is 2.12. The summed E-state index contributed by atoms with van der Waals surface area (Å²) in [6.45, 7) is 6.43. The Hall–Kier alpha value is -1.34. The summed E-state index contributed by atoms with van der Waals surface area (Å²) >= 11 is 0. The number of nitrogens with one attached hydrogen (secondary N) is 1. The number of hydrogen-bond donors (Lipinski definition) is 1. The van der Waals surface area contributed by atoms with Gasteiger partial charge in [0.2, 0.25) is 0 Å². The van der Waals surface area contributed by atoms with Gasteiger partial charge >= 0.3 is 0 Å². The molecule has 1 atom stereocenters. The van der Waals surface area contributed by atoms with Crippen LogP contribution < -0.4 is 5.32 Å². The molecular weight excluding hydrogens is 176 g/mol. The van der Waals surface area contributed by atoms with Gasteiger partial charge in [-0.15, -0.1) is 0 Å². The van der Waals surface area contributed by atoms with Gasteiger partial charge in [-0.25, -0.2) is 4.98 Å². The van der Waals surface area contributed by atoms with Crippen molar-refractivity contribution in [3.63, 3.8) is 0 Å². The highest BCUT2D eigenvalue weighted by Crippen LogP contribution is 1.98. The van der Waals surface area contributed by atoms with Crippen molar-refractivity contribution in [1.29, 1.82) is 5.26 Å². The van der Waals surface area contributed by atoms with Crippen LogP contribution in [0, 0.1) is 17.2 Å². The molecule has 0 aliphatic rings. The molecule has 0 saturated heterocycles. The lowest BCUT2D eigenvalue weighted by Crippen LogP contribution is -2.21. The molecule has 4 nitrogen and oxygen atoms in total. The summed E-state index contributed by atoms with van der Waals surface area (Å²) in [4.78, 5) is 4.07. The van der Waals surface area contributed by atoms with Crippen LogP contribution in [0.4, 0.5) is 0 Å². The van der Waals surface area contributed by atoms with Gasteiger partial charge < -0.3 is 9.88 Å². The number of rotatable bonds is 5. The second-order valence-corrected chi connectivity index (χ2v) is 3.33. The lowest BCUT2D eigenvalue weighted by Gasteiger charge is -2.07. The molecular formula is C10H16N4.